The summed E-state index contributed by atoms with van der Waals surface area (Å²) < 4.78 is 0. The van der Waals surface area contributed by atoms with Gasteiger partial charge in [-0.15, -0.1) is 0 Å². The highest BCUT2D eigenvalue weighted by Crippen LogP contribution is 2.23. The first-order valence-electron chi connectivity index (χ1n) is 5.26. The molecule has 94 valence electrons. The highest BCUT2D eigenvalue weighted by molar-refractivity contribution is 7.98. The number of benzene rings is 1. The van der Waals surface area contributed by atoms with Crippen molar-refractivity contribution in [1.29, 1.82) is 0 Å². The molecule has 0 aromatic heterocycles. The van der Waals surface area contributed by atoms with Crippen molar-refractivity contribution in [1.82, 2.24) is 4.90 Å². The number of hydrogen-bond donors (Lipinski definition) is 1. The third kappa shape index (κ3) is 4.62. The first-order valence-corrected chi connectivity index (χ1v) is 6.41. The summed E-state index contributed by atoms with van der Waals surface area (Å²) in [5.41, 5.74) is 7.34. The summed E-state index contributed by atoms with van der Waals surface area (Å²) in [5.74, 6) is 1.69. The molecule has 0 atom stereocenters. The van der Waals surface area contributed by atoms with Gasteiger partial charge in [-0.25, -0.2) is 0 Å². The van der Waals surface area contributed by atoms with Crippen LogP contribution in [0.2, 0.25) is 0 Å². The Kier molecular flexibility index (Phi) is 5.24. The first-order chi connectivity index (χ1) is 8.00. The highest BCUT2D eigenvalue weighted by atomic mass is 32.2. The molecule has 5 nitrogen and oxygen atoms in total. The van der Waals surface area contributed by atoms with E-state index in [-0.39, 0.29) is 5.69 Å². The van der Waals surface area contributed by atoms with Gasteiger partial charge in [-0.05, 0) is 25.7 Å². The molecule has 0 aliphatic rings. The molecule has 0 saturated heterocycles. The van der Waals surface area contributed by atoms with Crippen LogP contribution in [-0.4, -0.2) is 36.2 Å². The maximum atomic E-state index is 10.6. The van der Waals surface area contributed by atoms with Crippen LogP contribution >= 0.6 is 11.8 Å². The number of nitro groups is 1. The van der Waals surface area contributed by atoms with Gasteiger partial charge in [-0.2, -0.15) is 11.8 Å². The zero-order chi connectivity index (χ0) is 12.8. The summed E-state index contributed by atoms with van der Waals surface area (Å²) in [6.45, 7) is 0.986. The van der Waals surface area contributed by atoms with Crippen LogP contribution in [0.25, 0.3) is 0 Å². The third-order valence-electron chi connectivity index (χ3n) is 2.28. The van der Waals surface area contributed by atoms with Gasteiger partial charge in [0.25, 0.3) is 5.69 Å². The van der Waals surface area contributed by atoms with Crippen molar-refractivity contribution in [3.8, 4) is 0 Å². The summed E-state index contributed by atoms with van der Waals surface area (Å²) in [4.78, 5) is 12.3. The van der Waals surface area contributed by atoms with Crippen LogP contribution in [0, 0.1) is 10.1 Å². The number of rotatable bonds is 6. The third-order valence-corrected chi connectivity index (χ3v) is 3.26. The molecule has 0 amide bonds. The van der Waals surface area contributed by atoms with E-state index in [0.29, 0.717) is 11.4 Å². The summed E-state index contributed by atoms with van der Waals surface area (Å²) in [6.07, 6.45) is 0. The minimum atomic E-state index is -0.395. The quantitative estimate of drug-likeness (QED) is 0.364. The van der Waals surface area contributed by atoms with Crippen LogP contribution in [0.5, 0.6) is 0 Å². The number of hydrogen-bond acceptors (Lipinski definition) is 5. The largest absolute Gasteiger partial charge is 0.398 e. The Hall–Kier alpha value is -1.27. The molecule has 0 radical (unpaired) electrons. The second kappa shape index (κ2) is 6.46. The Bertz CT molecular complexity index is 396. The van der Waals surface area contributed by atoms with Gasteiger partial charge in [0.15, 0.2) is 0 Å². The second-order valence-electron chi connectivity index (χ2n) is 4.00. The van der Waals surface area contributed by atoms with Gasteiger partial charge in [0, 0.05) is 35.9 Å². The van der Waals surface area contributed by atoms with E-state index in [9.17, 15) is 10.1 Å². The minimum Gasteiger partial charge on any atom is -0.398 e. The lowest BCUT2D eigenvalue weighted by molar-refractivity contribution is -0.384. The lowest BCUT2D eigenvalue weighted by atomic mass is 10.2. The Morgan fingerprint density at radius 2 is 2.18 bits per heavy atom. The smallest absolute Gasteiger partial charge is 0.269 e. The number of nitro benzene ring substituents is 1. The fourth-order valence-corrected chi connectivity index (χ4v) is 2.37. The van der Waals surface area contributed by atoms with Crippen molar-refractivity contribution >= 4 is 23.1 Å². The number of anilines is 1. The average molecular weight is 255 g/mol. The van der Waals surface area contributed by atoms with Crippen molar-refractivity contribution in [3.63, 3.8) is 0 Å². The molecule has 1 aromatic rings. The van der Waals surface area contributed by atoms with E-state index in [1.165, 1.54) is 6.07 Å². The van der Waals surface area contributed by atoms with Gasteiger partial charge < -0.3 is 10.6 Å². The number of non-ortho nitro benzene ring substituents is 1. The van der Waals surface area contributed by atoms with E-state index in [4.69, 9.17) is 5.73 Å². The molecule has 0 bridgehead atoms. The van der Waals surface area contributed by atoms with E-state index in [1.807, 2.05) is 14.1 Å². The fourth-order valence-electron chi connectivity index (χ4n) is 1.26. The normalized spacial score (nSPS) is 10.8. The van der Waals surface area contributed by atoms with Crippen molar-refractivity contribution < 1.29 is 4.92 Å². The average Bonchev–Trinajstić information content (AvgIpc) is 2.25. The number of nitrogens with two attached hydrogens (primary N) is 1. The SMILES string of the molecule is CN(C)CCSCc1cc([N+](=O)[O-])ccc1N. The van der Waals surface area contributed by atoms with Crippen molar-refractivity contribution in [2.24, 2.45) is 0 Å². The molecule has 0 aliphatic carbocycles. The fraction of sp³-hybridized carbons (Fsp3) is 0.455. The molecule has 0 fully saturated rings. The van der Waals surface area contributed by atoms with Gasteiger partial charge in [0.1, 0.15) is 0 Å². The molecule has 1 aromatic carbocycles. The molecular formula is C11H17N3O2S. The Balaban J connectivity index is 2.57. The van der Waals surface area contributed by atoms with Crippen LogP contribution in [0.15, 0.2) is 18.2 Å². The van der Waals surface area contributed by atoms with Crippen LogP contribution in [0.1, 0.15) is 5.56 Å². The number of thioether (sulfide) groups is 1. The minimum absolute atomic E-state index is 0.0995. The van der Waals surface area contributed by atoms with Crippen LogP contribution in [-0.2, 0) is 5.75 Å². The zero-order valence-corrected chi connectivity index (χ0v) is 10.9. The number of nitrogen functional groups attached to an aromatic ring is 1. The van der Waals surface area contributed by atoms with E-state index in [2.05, 4.69) is 4.90 Å². The molecule has 0 unspecified atom stereocenters. The molecule has 0 aliphatic heterocycles. The van der Waals surface area contributed by atoms with Gasteiger partial charge in [-0.3, -0.25) is 10.1 Å². The molecule has 6 heteroatoms. The van der Waals surface area contributed by atoms with Crippen molar-refractivity contribution in [2.45, 2.75) is 5.75 Å². The lowest BCUT2D eigenvalue weighted by Gasteiger charge is -2.09. The molecule has 1 rings (SSSR count). The molecule has 17 heavy (non-hydrogen) atoms. The molecule has 2 N–H and O–H groups in total. The maximum absolute atomic E-state index is 10.6. The Morgan fingerprint density at radius 3 is 2.76 bits per heavy atom. The van der Waals surface area contributed by atoms with Crippen LogP contribution < -0.4 is 5.73 Å². The van der Waals surface area contributed by atoms with Crippen LogP contribution in [0.3, 0.4) is 0 Å². The summed E-state index contributed by atoms with van der Waals surface area (Å²) in [6, 6.07) is 4.58. The van der Waals surface area contributed by atoms with Gasteiger partial charge in [0.05, 0.1) is 4.92 Å². The standard InChI is InChI=1S/C11H17N3O2S/c1-13(2)5-6-17-8-9-7-10(14(15)16)3-4-11(9)12/h3-4,7H,5-6,8,12H2,1-2H3. The molecule has 0 spiro atoms. The van der Waals surface area contributed by atoms with Gasteiger partial charge in [0.2, 0.25) is 0 Å². The second-order valence-corrected chi connectivity index (χ2v) is 5.10. The Labute approximate surface area is 105 Å². The first kappa shape index (κ1) is 13.8. The summed E-state index contributed by atoms with van der Waals surface area (Å²) in [5, 5.41) is 10.6. The maximum Gasteiger partial charge on any atom is 0.269 e. The zero-order valence-electron chi connectivity index (χ0n) is 10.0. The highest BCUT2D eigenvalue weighted by Gasteiger charge is 2.08. The van der Waals surface area contributed by atoms with Gasteiger partial charge in [-0.1, -0.05) is 0 Å². The van der Waals surface area contributed by atoms with E-state index in [0.717, 1.165) is 17.9 Å². The van der Waals surface area contributed by atoms with Crippen molar-refractivity contribution in [2.75, 3.05) is 32.1 Å². The summed E-state index contributed by atoms with van der Waals surface area (Å²) in [7, 11) is 4.03. The Morgan fingerprint density at radius 1 is 1.47 bits per heavy atom. The summed E-state index contributed by atoms with van der Waals surface area (Å²) >= 11 is 1.72. The molecule has 0 heterocycles. The molecule has 0 saturated carbocycles. The topological polar surface area (TPSA) is 72.4 Å². The number of nitrogens with zero attached hydrogens (tertiary/aromatic N) is 2. The predicted octanol–water partition coefficient (Wildman–Crippen LogP) is 1.97. The monoisotopic (exact) mass is 255 g/mol. The van der Waals surface area contributed by atoms with Gasteiger partial charge >= 0.3 is 0 Å². The predicted molar refractivity (Wildman–Crippen MR) is 72.2 cm³/mol. The lowest BCUT2D eigenvalue weighted by Crippen LogP contribution is -2.14. The van der Waals surface area contributed by atoms with E-state index in [1.54, 1.807) is 23.9 Å². The van der Waals surface area contributed by atoms with E-state index >= 15 is 0 Å². The van der Waals surface area contributed by atoms with Crippen molar-refractivity contribution in [3.05, 3.63) is 33.9 Å². The van der Waals surface area contributed by atoms with E-state index < -0.39 is 4.92 Å². The molecular weight excluding hydrogens is 238 g/mol. The van der Waals surface area contributed by atoms with Crippen LogP contribution in [0.4, 0.5) is 11.4 Å².